The highest BCUT2D eigenvalue weighted by atomic mass is 79.9. The molecule has 1 nitrogen and oxygen atoms in total. The lowest BCUT2D eigenvalue weighted by atomic mass is 10.0. The lowest BCUT2D eigenvalue weighted by molar-refractivity contribution is 0.595. The van der Waals surface area contributed by atoms with E-state index in [1.54, 1.807) is 0 Å². The van der Waals surface area contributed by atoms with Crippen molar-refractivity contribution in [2.75, 3.05) is 0 Å². The molecule has 1 aliphatic carbocycles. The summed E-state index contributed by atoms with van der Waals surface area (Å²) in [5.41, 5.74) is 2.00. The molecule has 4 heteroatoms. The Bertz CT molecular complexity index is 600. The topological polar surface area (TPSA) is 13.1 Å². The second kappa shape index (κ2) is 3.90. The van der Waals surface area contributed by atoms with Gasteiger partial charge in [0.2, 0.25) is 0 Å². The Morgan fingerprint density at radius 2 is 2.19 bits per heavy atom. The predicted octanol–water partition coefficient (Wildman–Crippen LogP) is 5.14. The van der Waals surface area contributed by atoms with Gasteiger partial charge < -0.3 is 4.42 Å². The molecule has 0 N–H and O–H groups in total. The van der Waals surface area contributed by atoms with Crippen LogP contribution in [0.3, 0.4) is 0 Å². The Labute approximate surface area is 115 Å². The molecule has 0 radical (unpaired) electrons. The van der Waals surface area contributed by atoms with Crippen molar-refractivity contribution in [3.05, 3.63) is 40.6 Å². The molecule has 0 saturated heterocycles. The molecule has 2 aromatic rings. The summed E-state index contributed by atoms with van der Waals surface area (Å²) >= 11 is 13.3. The highest BCUT2D eigenvalue weighted by Gasteiger charge is 2.23. The van der Waals surface area contributed by atoms with E-state index in [1.165, 1.54) is 5.56 Å². The molecule has 1 aromatic heterocycles. The summed E-state index contributed by atoms with van der Waals surface area (Å²) in [6.07, 6.45) is 3.02. The van der Waals surface area contributed by atoms with E-state index in [4.69, 9.17) is 16.0 Å². The van der Waals surface area contributed by atoms with Gasteiger partial charge in [-0.3, -0.25) is 0 Å². The van der Waals surface area contributed by atoms with Gasteiger partial charge in [-0.2, -0.15) is 0 Å². The van der Waals surface area contributed by atoms with E-state index in [2.05, 4.69) is 44.0 Å². The lowest BCUT2D eigenvalue weighted by Crippen LogP contribution is -2.05. The molecular weight excluding hydrogens is 355 g/mol. The molecular formula is C12H7Br2ClO. The van der Waals surface area contributed by atoms with Crippen molar-refractivity contribution < 1.29 is 4.42 Å². The van der Waals surface area contributed by atoms with Gasteiger partial charge in [0.1, 0.15) is 5.76 Å². The molecule has 1 aromatic carbocycles. The van der Waals surface area contributed by atoms with Crippen LogP contribution in [0.15, 0.2) is 28.7 Å². The quantitative estimate of drug-likeness (QED) is 0.591. The standard InChI is InChI=1S/C12H7Br2ClO/c13-6-4-8-7-2-1-3-10(15)12(7)16-11(8)9(14)5-6/h1-3,5-6H,4H2. The molecule has 1 unspecified atom stereocenters. The van der Waals surface area contributed by atoms with Crippen molar-refractivity contribution >= 4 is 58.9 Å². The van der Waals surface area contributed by atoms with Crippen molar-refractivity contribution in [3.63, 3.8) is 0 Å². The number of hydrogen-bond acceptors (Lipinski definition) is 1. The maximum absolute atomic E-state index is 6.12. The van der Waals surface area contributed by atoms with Gasteiger partial charge in [-0.1, -0.05) is 45.7 Å². The van der Waals surface area contributed by atoms with E-state index in [9.17, 15) is 0 Å². The lowest BCUT2D eigenvalue weighted by Gasteiger charge is -2.12. The summed E-state index contributed by atoms with van der Waals surface area (Å²) in [7, 11) is 0. The zero-order valence-corrected chi connectivity index (χ0v) is 12.1. The normalized spacial score (nSPS) is 19.7. The molecule has 0 amide bonds. The first-order valence-corrected chi connectivity index (χ1v) is 6.97. The summed E-state index contributed by atoms with van der Waals surface area (Å²) in [6.45, 7) is 0. The van der Waals surface area contributed by atoms with Gasteiger partial charge in [-0.25, -0.2) is 0 Å². The minimum atomic E-state index is 0.342. The second-order valence-corrected chi connectivity index (χ2v) is 6.20. The van der Waals surface area contributed by atoms with Crippen LogP contribution in [0.25, 0.3) is 15.5 Å². The van der Waals surface area contributed by atoms with Crippen LogP contribution >= 0.6 is 43.5 Å². The monoisotopic (exact) mass is 360 g/mol. The number of para-hydroxylation sites is 1. The molecule has 0 aliphatic heterocycles. The van der Waals surface area contributed by atoms with Crippen molar-refractivity contribution in [1.29, 1.82) is 0 Å². The van der Waals surface area contributed by atoms with Crippen LogP contribution in [0.4, 0.5) is 0 Å². The fraction of sp³-hybridized carbons (Fsp3) is 0.167. The Morgan fingerprint density at radius 1 is 1.38 bits per heavy atom. The fourth-order valence-corrected chi connectivity index (χ4v) is 3.82. The van der Waals surface area contributed by atoms with E-state index in [1.807, 2.05) is 12.1 Å². The first-order valence-electron chi connectivity index (χ1n) is 4.88. The van der Waals surface area contributed by atoms with Crippen molar-refractivity contribution in [2.24, 2.45) is 0 Å². The number of halogens is 3. The summed E-state index contributed by atoms with van der Waals surface area (Å²) in [5.74, 6) is 0.902. The van der Waals surface area contributed by atoms with E-state index < -0.39 is 0 Å². The summed E-state index contributed by atoms with van der Waals surface area (Å²) < 4.78 is 6.80. The highest BCUT2D eigenvalue weighted by molar-refractivity contribution is 9.15. The molecule has 16 heavy (non-hydrogen) atoms. The molecule has 0 fully saturated rings. The Morgan fingerprint density at radius 3 is 3.00 bits per heavy atom. The van der Waals surface area contributed by atoms with Crippen molar-refractivity contribution in [1.82, 2.24) is 0 Å². The fourth-order valence-electron chi connectivity index (χ4n) is 2.02. The van der Waals surface area contributed by atoms with E-state index in [0.29, 0.717) is 9.85 Å². The molecule has 1 aliphatic rings. The van der Waals surface area contributed by atoms with Crippen molar-refractivity contribution in [2.45, 2.75) is 11.2 Å². The van der Waals surface area contributed by atoms with E-state index in [0.717, 1.165) is 27.6 Å². The number of alkyl halides is 1. The molecule has 3 rings (SSSR count). The van der Waals surface area contributed by atoms with Gasteiger partial charge in [-0.15, -0.1) is 0 Å². The summed E-state index contributed by atoms with van der Waals surface area (Å²) in [6, 6.07) is 5.85. The molecule has 82 valence electrons. The first-order chi connectivity index (χ1) is 7.66. The molecule has 1 atom stereocenters. The maximum Gasteiger partial charge on any atom is 0.153 e. The van der Waals surface area contributed by atoms with Gasteiger partial charge >= 0.3 is 0 Å². The van der Waals surface area contributed by atoms with E-state index >= 15 is 0 Å². The molecule has 0 saturated carbocycles. The van der Waals surface area contributed by atoms with E-state index in [-0.39, 0.29) is 0 Å². The SMILES string of the molecule is Clc1cccc2c3c(oc12)C(Br)=CC(Br)C3. The molecule has 0 spiro atoms. The van der Waals surface area contributed by atoms with Gasteiger partial charge in [0.25, 0.3) is 0 Å². The maximum atomic E-state index is 6.12. The molecule has 1 heterocycles. The number of benzene rings is 1. The largest absolute Gasteiger partial charge is 0.454 e. The smallest absolute Gasteiger partial charge is 0.153 e. The van der Waals surface area contributed by atoms with Gasteiger partial charge in [-0.05, 0) is 28.4 Å². The van der Waals surface area contributed by atoms with Gasteiger partial charge in [0.15, 0.2) is 5.58 Å². The second-order valence-electron chi connectivity index (χ2n) is 3.76. The summed E-state index contributed by atoms with van der Waals surface area (Å²) in [4.78, 5) is 0.342. The average molecular weight is 362 g/mol. The van der Waals surface area contributed by atoms with Crippen LogP contribution in [-0.2, 0) is 6.42 Å². The van der Waals surface area contributed by atoms with Crippen LogP contribution in [0.5, 0.6) is 0 Å². The Balaban J connectivity index is 2.37. The van der Waals surface area contributed by atoms with Crippen LogP contribution in [0.2, 0.25) is 5.02 Å². The Hall–Kier alpha value is -0.250. The zero-order valence-electron chi connectivity index (χ0n) is 8.14. The van der Waals surface area contributed by atoms with Crippen LogP contribution in [0.1, 0.15) is 11.3 Å². The first kappa shape index (κ1) is 10.9. The van der Waals surface area contributed by atoms with Crippen LogP contribution in [-0.4, -0.2) is 4.83 Å². The van der Waals surface area contributed by atoms with Crippen LogP contribution < -0.4 is 0 Å². The van der Waals surface area contributed by atoms with Crippen molar-refractivity contribution in [3.8, 4) is 0 Å². The predicted molar refractivity (Wildman–Crippen MR) is 74.5 cm³/mol. The third-order valence-electron chi connectivity index (χ3n) is 2.71. The van der Waals surface area contributed by atoms with Crippen LogP contribution in [0, 0.1) is 0 Å². The third-order valence-corrected chi connectivity index (χ3v) is 4.22. The number of allylic oxidation sites excluding steroid dienone is 1. The van der Waals surface area contributed by atoms with Gasteiger partial charge in [0.05, 0.1) is 9.51 Å². The number of hydrogen-bond donors (Lipinski definition) is 0. The minimum Gasteiger partial charge on any atom is -0.454 e. The number of fused-ring (bicyclic) bond motifs is 3. The molecule has 0 bridgehead atoms. The average Bonchev–Trinajstić information content (AvgIpc) is 2.59. The minimum absolute atomic E-state index is 0.342. The zero-order chi connectivity index (χ0) is 11.3. The summed E-state index contributed by atoms with van der Waals surface area (Å²) in [5, 5.41) is 1.77. The third kappa shape index (κ3) is 1.57. The highest BCUT2D eigenvalue weighted by Crippen LogP contribution is 2.41. The Kier molecular flexibility index (Phi) is 2.65. The number of furan rings is 1. The number of rotatable bonds is 0. The van der Waals surface area contributed by atoms with Gasteiger partial charge in [0, 0.05) is 15.8 Å².